The first-order valence-corrected chi connectivity index (χ1v) is 8.59. The summed E-state index contributed by atoms with van der Waals surface area (Å²) in [4.78, 5) is 24.1. The molecule has 0 saturated heterocycles. The molecule has 0 aliphatic rings. The van der Waals surface area contributed by atoms with Crippen LogP contribution >= 0.6 is 23.2 Å². The van der Waals surface area contributed by atoms with E-state index in [1.54, 1.807) is 48.5 Å². The Morgan fingerprint density at radius 3 is 2.44 bits per heavy atom. The first-order valence-electron chi connectivity index (χ1n) is 7.84. The number of nitrogens with one attached hydrogen (secondary N) is 2. The molecule has 1 heterocycles. The summed E-state index contributed by atoms with van der Waals surface area (Å²) in [6.45, 7) is -0.232. The van der Waals surface area contributed by atoms with Crippen molar-refractivity contribution in [3.05, 3.63) is 76.7 Å². The van der Waals surface area contributed by atoms with Gasteiger partial charge in [0.25, 0.3) is 11.8 Å². The lowest BCUT2D eigenvalue weighted by Gasteiger charge is -2.10. The molecule has 6 nitrogen and oxygen atoms in total. The highest BCUT2D eigenvalue weighted by Crippen LogP contribution is 2.27. The summed E-state index contributed by atoms with van der Waals surface area (Å²) in [6.07, 6.45) is 1.42. The highest BCUT2D eigenvalue weighted by atomic mass is 35.5. The molecule has 138 valence electrons. The van der Waals surface area contributed by atoms with Crippen LogP contribution < -0.4 is 15.4 Å². The average molecular weight is 405 g/mol. The maximum absolute atomic E-state index is 12.1. The van der Waals surface area contributed by atoms with Gasteiger partial charge < -0.3 is 19.8 Å². The second-order valence-electron chi connectivity index (χ2n) is 5.42. The Hall–Kier alpha value is -2.96. The van der Waals surface area contributed by atoms with Gasteiger partial charge >= 0.3 is 0 Å². The Morgan fingerprint density at radius 2 is 1.74 bits per heavy atom. The Kier molecular flexibility index (Phi) is 6.01. The SMILES string of the molecule is O=C(COc1ccc(Cl)cc1Cl)Nc1cccc(NC(=O)c2ccco2)c1. The summed E-state index contributed by atoms with van der Waals surface area (Å²) in [5, 5.41) is 6.16. The molecule has 1 aromatic heterocycles. The van der Waals surface area contributed by atoms with Crippen molar-refractivity contribution in [1.29, 1.82) is 0 Å². The summed E-state index contributed by atoms with van der Waals surface area (Å²) < 4.78 is 10.4. The Morgan fingerprint density at radius 1 is 0.963 bits per heavy atom. The van der Waals surface area contributed by atoms with Gasteiger partial charge in [-0.2, -0.15) is 0 Å². The van der Waals surface area contributed by atoms with Gasteiger partial charge in [0.2, 0.25) is 0 Å². The van der Waals surface area contributed by atoms with E-state index in [-0.39, 0.29) is 24.2 Å². The Labute approximate surface area is 165 Å². The predicted molar refractivity (Wildman–Crippen MR) is 104 cm³/mol. The second kappa shape index (κ2) is 8.62. The second-order valence-corrected chi connectivity index (χ2v) is 6.27. The van der Waals surface area contributed by atoms with Crippen LogP contribution in [0.15, 0.2) is 65.3 Å². The number of carbonyl (C=O) groups excluding carboxylic acids is 2. The molecule has 0 unspecified atom stereocenters. The number of furan rings is 1. The Balaban J connectivity index is 1.57. The van der Waals surface area contributed by atoms with Crippen LogP contribution in [0.5, 0.6) is 5.75 Å². The number of halogens is 2. The average Bonchev–Trinajstić information content (AvgIpc) is 3.16. The molecule has 0 saturated carbocycles. The first kappa shape index (κ1) is 18.8. The quantitative estimate of drug-likeness (QED) is 0.614. The van der Waals surface area contributed by atoms with Gasteiger partial charge in [-0.3, -0.25) is 9.59 Å². The van der Waals surface area contributed by atoms with Gasteiger partial charge in [-0.1, -0.05) is 29.3 Å². The van der Waals surface area contributed by atoms with Gasteiger partial charge in [0.05, 0.1) is 11.3 Å². The maximum Gasteiger partial charge on any atom is 0.291 e. The smallest absolute Gasteiger partial charge is 0.291 e. The van der Waals surface area contributed by atoms with E-state index in [4.69, 9.17) is 32.4 Å². The highest BCUT2D eigenvalue weighted by Gasteiger charge is 2.10. The van der Waals surface area contributed by atoms with Crippen LogP contribution in [0.2, 0.25) is 10.0 Å². The van der Waals surface area contributed by atoms with Crippen LogP contribution in [-0.2, 0) is 4.79 Å². The normalized spacial score (nSPS) is 10.3. The predicted octanol–water partition coefficient (Wildman–Crippen LogP) is 4.86. The summed E-state index contributed by atoms with van der Waals surface area (Å²) in [5.41, 5.74) is 1.01. The first-order chi connectivity index (χ1) is 13.0. The number of hydrogen-bond acceptors (Lipinski definition) is 4. The highest BCUT2D eigenvalue weighted by molar-refractivity contribution is 6.35. The van der Waals surface area contributed by atoms with Gasteiger partial charge in [-0.25, -0.2) is 0 Å². The van der Waals surface area contributed by atoms with Gasteiger partial charge in [-0.05, 0) is 48.5 Å². The van der Waals surface area contributed by atoms with Crippen LogP contribution in [0.1, 0.15) is 10.6 Å². The molecule has 3 rings (SSSR count). The lowest BCUT2D eigenvalue weighted by molar-refractivity contribution is -0.118. The van der Waals surface area contributed by atoms with Crippen LogP contribution in [-0.4, -0.2) is 18.4 Å². The zero-order valence-corrected chi connectivity index (χ0v) is 15.4. The third kappa shape index (κ3) is 5.26. The molecule has 0 fully saturated rings. The van der Waals surface area contributed by atoms with Crippen LogP contribution in [0, 0.1) is 0 Å². The molecule has 0 spiro atoms. The summed E-state index contributed by atoms with van der Waals surface area (Å²) in [6, 6.07) is 14.6. The molecule has 3 aromatic rings. The zero-order chi connectivity index (χ0) is 19.2. The molecule has 0 aliphatic heterocycles. The van der Waals surface area contributed by atoms with E-state index in [2.05, 4.69) is 10.6 Å². The van der Waals surface area contributed by atoms with E-state index in [9.17, 15) is 9.59 Å². The van der Waals surface area contributed by atoms with Crippen molar-refractivity contribution in [2.24, 2.45) is 0 Å². The van der Waals surface area contributed by atoms with Gasteiger partial charge in [0.15, 0.2) is 12.4 Å². The molecule has 8 heteroatoms. The molecule has 2 N–H and O–H groups in total. The van der Waals surface area contributed by atoms with E-state index in [1.807, 2.05) is 0 Å². The van der Waals surface area contributed by atoms with Crippen LogP contribution in [0.4, 0.5) is 11.4 Å². The van der Waals surface area contributed by atoms with Crippen molar-refractivity contribution in [2.45, 2.75) is 0 Å². The summed E-state index contributed by atoms with van der Waals surface area (Å²) in [7, 11) is 0. The number of rotatable bonds is 6. The van der Waals surface area contributed by atoms with Crippen molar-refractivity contribution in [3.8, 4) is 5.75 Å². The standard InChI is InChI=1S/C19H14Cl2N2O4/c20-12-6-7-16(15(21)9-12)27-11-18(24)22-13-3-1-4-14(10-13)23-19(25)17-5-2-8-26-17/h1-10H,11H2,(H,22,24)(H,23,25). The fourth-order valence-corrected chi connectivity index (χ4v) is 2.67. The fourth-order valence-electron chi connectivity index (χ4n) is 2.21. The molecule has 2 aromatic carbocycles. The van der Waals surface area contributed by atoms with Gasteiger partial charge in [0, 0.05) is 16.4 Å². The maximum atomic E-state index is 12.1. The molecule has 0 bridgehead atoms. The van der Waals surface area contributed by atoms with Crippen LogP contribution in [0.3, 0.4) is 0 Å². The zero-order valence-electron chi connectivity index (χ0n) is 13.9. The van der Waals surface area contributed by atoms with E-state index in [1.165, 1.54) is 12.3 Å². The number of benzene rings is 2. The monoisotopic (exact) mass is 404 g/mol. The van der Waals surface area contributed by atoms with Gasteiger partial charge in [0.1, 0.15) is 5.75 Å². The molecule has 2 amide bonds. The number of hydrogen-bond donors (Lipinski definition) is 2. The lowest BCUT2D eigenvalue weighted by atomic mass is 10.2. The Bertz CT molecular complexity index is 958. The minimum absolute atomic E-state index is 0.192. The van der Waals surface area contributed by atoms with Crippen molar-refractivity contribution >= 4 is 46.4 Å². The molecule has 0 aliphatic carbocycles. The molecular weight excluding hydrogens is 391 g/mol. The lowest BCUT2D eigenvalue weighted by Crippen LogP contribution is -2.20. The van der Waals surface area contributed by atoms with E-state index in [0.29, 0.717) is 27.2 Å². The van der Waals surface area contributed by atoms with Crippen molar-refractivity contribution in [2.75, 3.05) is 17.2 Å². The molecule has 0 atom stereocenters. The minimum atomic E-state index is -0.385. The fraction of sp³-hybridized carbons (Fsp3) is 0.0526. The largest absolute Gasteiger partial charge is 0.482 e. The van der Waals surface area contributed by atoms with Crippen molar-refractivity contribution in [1.82, 2.24) is 0 Å². The number of ether oxygens (including phenoxy) is 1. The van der Waals surface area contributed by atoms with Crippen molar-refractivity contribution < 1.29 is 18.7 Å². The van der Waals surface area contributed by atoms with E-state index >= 15 is 0 Å². The molecule has 0 radical (unpaired) electrons. The third-order valence-corrected chi connectivity index (χ3v) is 3.93. The third-order valence-electron chi connectivity index (χ3n) is 3.40. The molecular formula is C19H14Cl2N2O4. The molecule has 27 heavy (non-hydrogen) atoms. The number of carbonyl (C=O) groups is 2. The van der Waals surface area contributed by atoms with Crippen LogP contribution in [0.25, 0.3) is 0 Å². The van der Waals surface area contributed by atoms with Gasteiger partial charge in [-0.15, -0.1) is 0 Å². The summed E-state index contributed by atoms with van der Waals surface area (Å²) >= 11 is 11.8. The van der Waals surface area contributed by atoms with E-state index < -0.39 is 0 Å². The summed E-state index contributed by atoms with van der Waals surface area (Å²) in [5.74, 6) is -0.215. The van der Waals surface area contributed by atoms with Crippen molar-refractivity contribution in [3.63, 3.8) is 0 Å². The van der Waals surface area contributed by atoms with E-state index in [0.717, 1.165) is 0 Å². The topological polar surface area (TPSA) is 80.6 Å². The number of anilines is 2. The minimum Gasteiger partial charge on any atom is -0.482 e. The number of amides is 2.